The summed E-state index contributed by atoms with van der Waals surface area (Å²) in [6.07, 6.45) is 1.13. The van der Waals surface area contributed by atoms with Gasteiger partial charge in [-0.15, -0.1) is 0 Å². The van der Waals surface area contributed by atoms with Gasteiger partial charge >= 0.3 is 5.97 Å². The molecule has 110 valence electrons. The molecule has 0 spiro atoms. The van der Waals surface area contributed by atoms with Crippen molar-refractivity contribution >= 4 is 17.3 Å². The minimum absolute atomic E-state index is 0.0249. The van der Waals surface area contributed by atoms with E-state index in [1.807, 2.05) is 6.92 Å². The summed E-state index contributed by atoms with van der Waals surface area (Å²) in [6.45, 7) is 3.83. The number of hydrogen-bond acceptors (Lipinski definition) is 5. The van der Waals surface area contributed by atoms with Crippen LogP contribution in [0.1, 0.15) is 27.2 Å². The number of nitrogens with zero attached hydrogens (tertiary/aromatic N) is 1. The zero-order valence-corrected chi connectivity index (χ0v) is 11.5. The number of carbonyl (C=O) groups is 1. The Balaban J connectivity index is 2.20. The molecule has 0 bridgehead atoms. The lowest BCUT2D eigenvalue weighted by Crippen LogP contribution is -2.03. The van der Waals surface area contributed by atoms with Crippen LogP contribution in [0.5, 0.6) is 0 Å². The average molecular weight is 290 g/mol. The first-order chi connectivity index (χ1) is 9.88. The molecular weight excluding hydrogens is 276 g/mol. The lowest BCUT2D eigenvalue weighted by molar-refractivity contribution is -0.384. The lowest BCUT2D eigenvalue weighted by Gasteiger charge is -2.08. The van der Waals surface area contributed by atoms with Gasteiger partial charge in [-0.1, -0.05) is 0 Å². The molecule has 0 atom stereocenters. The van der Waals surface area contributed by atoms with Crippen molar-refractivity contribution in [2.24, 2.45) is 0 Å². The lowest BCUT2D eigenvalue weighted by atomic mass is 10.1. The number of aryl methyl sites for hydroxylation is 2. The summed E-state index contributed by atoms with van der Waals surface area (Å²) in [6, 6.07) is 4.57. The molecule has 7 nitrogen and oxygen atoms in total. The van der Waals surface area contributed by atoms with Crippen LogP contribution >= 0.6 is 0 Å². The van der Waals surface area contributed by atoms with Crippen LogP contribution in [0.15, 0.2) is 28.9 Å². The van der Waals surface area contributed by atoms with Gasteiger partial charge in [-0.3, -0.25) is 10.1 Å². The van der Waals surface area contributed by atoms with Crippen molar-refractivity contribution in [1.82, 2.24) is 0 Å². The fourth-order valence-electron chi connectivity index (χ4n) is 1.86. The first-order valence-electron chi connectivity index (χ1n) is 6.18. The largest absolute Gasteiger partial charge is 0.478 e. The molecule has 0 aliphatic heterocycles. The van der Waals surface area contributed by atoms with Crippen molar-refractivity contribution in [3.05, 3.63) is 57.0 Å². The molecular formula is C14H14N2O5. The van der Waals surface area contributed by atoms with Crippen LogP contribution in [0, 0.1) is 24.0 Å². The number of nitro groups is 1. The van der Waals surface area contributed by atoms with E-state index in [2.05, 4.69) is 5.32 Å². The van der Waals surface area contributed by atoms with Gasteiger partial charge < -0.3 is 14.8 Å². The molecule has 0 unspecified atom stereocenters. The predicted molar refractivity (Wildman–Crippen MR) is 75.6 cm³/mol. The Hall–Kier alpha value is -2.83. The topological polar surface area (TPSA) is 106 Å². The van der Waals surface area contributed by atoms with Gasteiger partial charge in [-0.25, -0.2) is 4.79 Å². The summed E-state index contributed by atoms with van der Waals surface area (Å²) in [4.78, 5) is 21.3. The van der Waals surface area contributed by atoms with Crippen LogP contribution in [0.3, 0.4) is 0 Å². The van der Waals surface area contributed by atoms with Crippen LogP contribution in [-0.4, -0.2) is 16.0 Å². The molecule has 21 heavy (non-hydrogen) atoms. The summed E-state index contributed by atoms with van der Waals surface area (Å²) in [5.74, 6) is -0.693. The van der Waals surface area contributed by atoms with Crippen molar-refractivity contribution in [2.45, 2.75) is 20.4 Å². The summed E-state index contributed by atoms with van der Waals surface area (Å²) >= 11 is 0. The number of nitro benzene ring substituents is 1. The third-order valence-electron chi connectivity index (χ3n) is 3.16. The van der Waals surface area contributed by atoms with Gasteiger partial charge in [0.1, 0.15) is 17.7 Å². The van der Waals surface area contributed by atoms with Crippen molar-refractivity contribution in [2.75, 3.05) is 5.32 Å². The molecule has 0 amide bonds. The first kappa shape index (κ1) is 14.6. The zero-order chi connectivity index (χ0) is 15.6. The number of rotatable bonds is 5. The highest BCUT2D eigenvalue weighted by molar-refractivity contribution is 5.87. The SMILES string of the molecule is Cc1cc(NCc2cc(C(=O)O)co2)c([N+](=O)[O-])cc1C. The van der Waals surface area contributed by atoms with Crippen molar-refractivity contribution in [3.8, 4) is 0 Å². The maximum atomic E-state index is 11.1. The van der Waals surface area contributed by atoms with Crippen molar-refractivity contribution in [1.29, 1.82) is 0 Å². The van der Waals surface area contributed by atoms with Crippen LogP contribution in [0.25, 0.3) is 0 Å². The fraction of sp³-hybridized carbons (Fsp3) is 0.214. The van der Waals surface area contributed by atoms with Crippen molar-refractivity contribution in [3.63, 3.8) is 0 Å². The maximum absolute atomic E-state index is 11.1. The number of nitrogens with one attached hydrogen (secondary N) is 1. The predicted octanol–water partition coefficient (Wildman–Crippen LogP) is 3.11. The standard InChI is InChI=1S/C14H14N2O5/c1-8-3-12(13(16(19)20)4-9(8)2)15-6-11-5-10(7-21-11)14(17)18/h3-5,7,15H,6H2,1-2H3,(H,17,18). The van der Waals surface area contributed by atoms with E-state index in [9.17, 15) is 14.9 Å². The smallest absolute Gasteiger partial charge is 0.338 e. The summed E-state index contributed by atoms with van der Waals surface area (Å²) in [5.41, 5.74) is 2.15. The average Bonchev–Trinajstić information content (AvgIpc) is 2.88. The fourth-order valence-corrected chi connectivity index (χ4v) is 1.86. The Morgan fingerprint density at radius 1 is 1.33 bits per heavy atom. The number of benzene rings is 1. The number of anilines is 1. The van der Waals surface area contributed by atoms with Gasteiger partial charge in [0.05, 0.1) is 17.0 Å². The Labute approximate surface area is 120 Å². The molecule has 1 heterocycles. The van der Waals surface area contributed by atoms with Gasteiger partial charge in [0, 0.05) is 6.07 Å². The summed E-state index contributed by atoms with van der Waals surface area (Å²) < 4.78 is 5.09. The van der Waals surface area contributed by atoms with Crippen molar-refractivity contribution < 1.29 is 19.2 Å². The third kappa shape index (κ3) is 3.19. The molecule has 7 heteroatoms. The molecule has 2 aromatic rings. The summed E-state index contributed by atoms with van der Waals surface area (Å²) in [5, 5.41) is 22.8. The van der Waals surface area contributed by atoms with E-state index in [1.54, 1.807) is 13.0 Å². The third-order valence-corrected chi connectivity index (χ3v) is 3.16. The van der Waals surface area contributed by atoms with Crippen LogP contribution < -0.4 is 5.32 Å². The highest BCUT2D eigenvalue weighted by atomic mass is 16.6. The molecule has 1 aromatic heterocycles. The van der Waals surface area contributed by atoms with E-state index in [0.717, 1.165) is 17.4 Å². The Bertz CT molecular complexity index is 705. The number of carboxylic acids is 1. The number of carboxylic acid groups (broad SMARTS) is 1. The van der Waals surface area contributed by atoms with Gasteiger partial charge in [0.25, 0.3) is 5.69 Å². The van der Waals surface area contributed by atoms with E-state index in [0.29, 0.717) is 11.4 Å². The second-order valence-electron chi connectivity index (χ2n) is 4.67. The maximum Gasteiger partial charge on any atom is 0.338 e. The van der Waals surface area contributed by atoms with Gasteiger partial charge in [-0.2, -0.15) is 0 Å². The second-order valence-corrected chi connectivity index (χ2v) is 4.67. The van der Waals surface area contributed by atoms with Gasteiger partial charge in [-0.05, 0) is 37.1 Å². The Kier molecular flexibility index (Phi) is 3.93. The first-order valence-corrected chi connectivity index (χ1v) is 6.18. The molecule has 0 aliphatic carbocycles. The minimum Gasteiger partial charge on any atom is -0.478 e. The molecule has 1 aromatic carbocycles. The molecule has 0 saturated carbocycles. The normalized spacial score (nSPS) is 10.4. The number of furan rings is 1. The van der Waals surface area contributed by atoms with Gasteiger partial charge in [0.15, 0.2) is 0 Å². The highest BCUT2D eigenvalue weighted by Crippen LogP contribution is 2.28. The molecule has 2 rings (SSSR count). The van der Waals surface area contributed by atoms with Crippen LogP contribution in [0.2, 0.25) is 0 Å². The quantitative estimate of drug-likeness (QED) is 0.647. The molecule has 0 fully saturated rings. The van der Waals surface area contributed by atoms with E-state index in [-0.39, 0.29) is 17.8 Å². The Morgan fingerprint density at radius 3 is 2.57 bits per heavy atom. The van der Waals surface area contributed by atoms with E-state index in [4.69, 9.17) is 9.52 Å². The highest BCUT2D eigenvalue weighted by Gasteiger charge is 2.16. The van der Waals surface area contributed by atoms with E-state index in [1.165, 1.54) is 12.1 Å². The minimum atomic E-state index is -1.08. The van der Waals surface area contributed by atoms with Crippen LogP contribution in [-0.2, 0) is 6.54 Å². The molecule has 0 saturated heterocycles. The molecule has 2 N–H and O–H groups in total. The number of hydrogen-bond donors (Lipinski definition) is 2. The van der Waals surface area contributed by atoms with E-state index < -0.39 is 10.9 Å². The molecule has 0 radical (unpaired) electrons. The van der Waals surface area contributed by atoms with Gasteiger partial charge in [0.2, 0.25) is 0 Å². The molecule has 0 aliphatic rings. The summed E-state index contributed by atoms with van der Waals surface area (Å²) in [7, 11) is 0. The van der Waals surface area contributed by atoms with E-state index >= 15 is 0 Å². The number of aromatic carboxylic acids is 1. The zero-order valence-electron chi connectivity index (χ0n) is 11.5. The second kappa shape index (κ2) is 5.66. The van der Waals surface area contributed by atoms with Crippen LogP contribution in [0.4, 0.5) is 11.4 Å². The Morgan fingerprint density at radius 2 is 2.00 bits per heavy atom. The monoisotopic (exact) mass is 290 g/mol.